The molecule has 0 saturated heterocycles. The van der Waals surface area contributed by atoms with Gasteiger partial charge in [0.25, 0.3) is 0 Å². The standard InChI is InChI=1S/C19H17N7O/c1-12-18(11-24(2)23-12)25-10-14-8-20-6-5-17(14)26(19(25)27)15-3-4-16-13(7-15)9-21-22-16/h3-9,11H,10H2,1-2H3,(H,21,22). The van der Waals surface area contributed by atoms with Crippen molar-refractivity contribution >= 4 is 34.0 Å². The summed E-state index contributed by atoms with van der Waals surface area (Å²) in [6.45, 7) is 2.36. The number of H-pyrrole nitrogens is 1. The molecule has 4 heterocycles. The second-order valence-corrected chi connectivity index (χ2v) is 6.62. The average molecular weight is 359 g/mol. The van der Waals surface area contributed by atoms with Crippen molar-refractivity contribution in [2.45, 2.75) is 13.5 Å². The van der Waals surface area contributed by atoms with E-state index in [1.165, 1.54) is 0 Å². The lowest BCUT2D eigenvalue weighted by Crippen LogP contribution is -2.45. The Hall–Kier alpha value is -3.68. The number of pyridine rings is 1. The molecule has 0 fully saturated rings. The predicted octanol–water partition coefficient (Wildman–Crippen LogP) is 3.28. The van der Waals surface area contributed by atoms with Gasteiger partial charge in [-0.3, -0.25) is 24.6 Å². The molecule has 1 aromatic carbocycles. The Morgan fingerprint density at radius 3 is 2.85 bits per heavy atom. The van der Waals surface area contributed by atoms with Crippen LogP contribution in [-0.4, -0.2) is 31.0 Å². The molecule has 1 N–H and O–H groups in total. The van der Waals surface area contributed by atoms with Gasteiger partial charge in [0.05, 0.1) is 41.0 Å². The summed E-state index contributed by atoms with van der Waals surface area (Å²) in [5.41, 5.74) is 5.14. The van der Waals surface area contributed by atoms with Gasteiger partial charge in [0.15, 0.2) is 0 Å². The van der Waals surface area contributed by atoms with Crippen LogP contribution < -0.4 is 9.80 Å². The van der Waals surface area contributed by atoms with Crippen LogP contribution in [0.25, 0.3) is 10.9 Å². The van der Waals surface area contributed by atoms with E-state index in [1.54, 1.807) is 26.9 Å². The molecule has 0 atom stereocenters. The highest BCUT2D eigenvalue weighted by Crippen LogP contribution is 2.37. The fourth-order valence-electron chi connectivity index (χ4n) is 3.58. The smallest absolute Gasteiger partial charge is 0.286 e. The van der Waals surface area contributed by atoms with Crippen molar-refractivity contribution in [3.8, 4) is 0 Å². The van der Waals surface area contributed by atoms with Gasteiger partial charge < -0.3 is 0 Å². The number of carbonyl (C=O) groups is 1. The van der Waals surface area contributed by atoms with E-state index < -0.39 is 0 Å². The number of aromatic nitrogens is 5. The number of benzene rings is 1. The first-order valence-electron chi connectivity index (χ1n) is 8.60. The third-order valence-corrected chi connectivity index (χ3v) is 4.83. The normalized spacial score (nSPS) is 14.1. The number of anilines is 3. The number of hydrogen-bond donors (Lipinski definition) is 1. The zero-order valence-electron chi connectivity index (χ0n) is 14.9. The van der Waals surface area contributed by atoms with Gasteiger partial charge in [-0.1, -0.05) is 0 Å². The number of urea groups is 1. The number of aromatic amines is 1. The highest BCUT2D eigenvalue weighted by Gasteiger charge is 2.34. The van der Waals surface area contributed by atoms with Crippen molar-refractivity contribution in [1.82, 2.24) is 25.0 Å². The summed E-state index contributed by atoms with van der Waals surface area (Å²) >= 11 is 0. The van der Waals surface area contributed by atoms with Crippen LogP contribution in [-0.2, 0) is 13.6 Å². The van der Waals surface area contributed by atoms with Crippen molar-refractivity contribution in [1.29, 1.82) is 0 Å². The SMILES string of the molecule is Cc1nn(C)cc1N1Cc2cnccc2N(c2ccc3[nH]ncc3c2)C1=O. The fraction of sp³-hybridized carbons (Fsp3) is 0.158. The van der Waals surface area contributed by atoms with E-state index in [4.69, 9.17) is 0 Å². The van der Waals surface area contributed by atoms with E-state index in [9.17, 15) is 4.79 Å². The van der Waals surface area contributed by atoms with Crippen molar-refractivity contribution < 1.29 is 4.79 Å². The first-order valence-corrected chi connectivity index (χ1v) is 8.60. The number of nitrogens with zero attached hydrogens (tertiary/aromatic N) is 6. The van der Waals surface area contributed by atoms with E-state index >= 15 is 0 Å². The maximum atomic E-state index is 13.5. The van der Waals surface area contributed by atoms with Crippen LogP contribution in [0.1, 0.15) is 11.3 Å². The Bertz CT molecular complexity index is 1180. The largest absolute Gasteiger partial charge is 0.334 e. The molecule has 5 rings (SSSR count). The topological polar surface area (TPSA) is 82.9 Å². The molecule has 2 amide bonds. The van der Waals surface area contributed by atoms with E-state index in [2.05, 4.69) is 20.3 Å². The molecule has 0 radical (unpaired) electrons. The third kappa shape index (κ3) is 2.37. The summed E-state index contributed by atoms with van der Waals surface area (Å²) in [5, 5.41) is 12.3. The number of hydrogen-bond acceptors (Lipinski definition) is 4. The second-order valence-electron chi connectivity index (χ2n) is 6.62. The monoisotopic (exact) mass is 359 g/mol. The van der Waals surface area contributed by atoms with E-state index in [1.807, 2.05) is 50.6 Å². The Balaban J connectivity index is 1.68. The lowest BCUT2D eigenvalue weighted by Gasteiger charge is -2.36. The molecular weight excluding hydrogens is 342 g/mol. The lowest BCUT2D eigenvalue weighted by molar-refractivity contribution is 0.252. The number of aryl methyl sites for hydroxylation is 2. The van der Waals surface area contributed by atoms with Gasteiger partial charge >= 0.3 is 6.03 Å². The van der Waals surface area contributed by atoms with E-state index in [0.29, 0.717) is 6.54 Å². The lowest BCUT2D eigenvalue weighted by atomic mass is 10.1. The summed E-state index contributed by atoms with van der Waals surface area (Å²) in [5.74, 6) is 0. The van der Waals surface area contributed by atoms with Gasteiger partial charge in [-0.25, -0.2) is 4.79 Å². The Kier molecular flexibility index (Phi) is 3.27. The molecule has 1 aliphatic heterocycles. The van der Waals surface area contributed by atoms with Crippen LogP contribution in [0.3, 0.4) is 0 Å². The molecule has 8 nitrogen and oxygen atoms in total. The highest BCUT2D eigenvalue weighted by molar-refractivity contribution is 6.11. The zero-order valence-corrected chi connectivity index (χ0v) is 14.9. The molecule has 1 aliphatic rings. The first kappa shape index (κ1) is 15.6. The van der Waals surface area contributed by atoms with Gasteiger partial charge in [-0.2, -0.15) is 10.2 Å². The van der Waals surface area contributed by atoms with Crippen LogP contribution >= 0.6 is 0 Å². The van der Waals surface area contributed by atoms with E-state index in [-0.39, 0.29) is 6.03 Å². The molecule has 0 spiro atoms. The van der Waals surface area contributed by atoms with Gasteiger partial charge in [-0.05, 0) is 31.2 Å². The number of carbonyl (C=O) groups excluding carboxylic acids is 1. The van der Waals surface area contributed by atoms with Crippen LogP contribution in [0.5, 0.6) is 0 Å². The number of amides is 2. The molecule has 0 bridgehead atoms. The van der Waals surface area contributed by atoms with Gasteiger partial charge in [-0.15, -0.1) is 0 Å². The molecule has 3 aromatic heterocycles. The molecule has 4 aromatic rings. The summed E-state index contributed by atoms with van der Waals surface area (Å²) in [7, 11) is 1.85. The van der Waals surface area contributed by atoms with Gasteiger partial charge in [0, 0.05) is 36.6 Å². The molecular formula is C19H17N7O. The Labute approximate surface area is 155 Å². The van der Waals surface area contributed by atoms with E-state index in [0.717, 1.165) is 39.2 Å². The average Bonchev–Trinajstić information content (AvgIpc) is 3.26. The van der Waals surface area contributed by atoms with Crippen LogP contribution in [0.4, 0.5) is 21.9 Å². The minimum Gasteiger partial charge on any atom is -0.286 e. The highest BCUT2D eigenvalue weighted by atomic mass is 16.2. The molecule has 8 heteroatoms. The molecule has 134 valence electrons. The number of nitrogens with one attached hydrogen (secondary N) is 1. The minimum atomic E-state index is -0.118. The Morgan fingerprint density at radius 1 is 1.15 bits per heavy atom. The van der Waals surface area contributed by atoms with Crippen molar-refractivity contribution in [2.24, 2.45) is 7.05 Å². The maximum Gasteiger partial charge on any atom is 0.334 e. The molecule has 0 saturated carbocycles. The number of fused-ring (bicyclic) bond motifs is 2. The first-order chi connectivity index (χ1) is 13.1. The molecule has 27 heavy (non-hydrogen) atoms. The van der Waals surface area contributed by atoms with Crippen molar-refractivity contribution in [3.05, 3.63) is 60.3 Å². The van der Waals surface area contributed by atoms with Gasteiger partial charge in [0.2, 0.25) is 0 Å². The maximum absolute atomic E-state index is 13.5. The fourth-order valence-corrected chi connectivity index (χ4v) is 3.58. The zero-order chi connectivity index (χ0) is 18.5. The Morgan fingerprint density at radius 2 is 2.04 bits per heavy atom. The number of rotatable bonds is 2. The summed E-state index contributed by atoms with van der Waals surface area (Å²) in [6, 6.07) is 7.57. The predicted molar refractivity (Wildman–Crippen MR) is 102 cm³/mol. The van der Waals surface area contributed by atoms with Gasteiger partial charge in [0.1, 0.15) is 0 Å². The summed E-state index contributed by atoms with van der Waals surface area (Å²) in [4.78, 5) is 21.2. The van der Waals surface area contributed by atoms with Crippen LogP contribution in [0.2, 0.25) is 0 Å². The second kappa shape index (κ2) is 5.66. The van der Waals surface area contributed by atoms with Crippen molar-refractivity contribution in [3.63, 3.8) is 0 Å². The summed E-state index contributed by atoms with van der Waals surface area (Å²) in [6.07, 6.45) is 7.14. The van der Waals surface area contributed by atoms with Crippen LogP contribution in [0.15, 0.2) is 49.1 Å². The van der Waals surface area contributed by atoms with Crippen molar-refractivity contribution in [2.75, 3.05) is 9.80 Å². The third-order valence-electron chi connectivity index (χ3n) is 4.83. The molecule has 0 aliphatic carbocycles. The van der Waals surface area contributed by atoms with Crippen LogP contribution in [0, 0.1) is 6.92 Å². The quantitative estimate of drug-likeness (QED) is 0.595. The minimum absolute atomic E-state index is 0.118. The summed E-state index contributed by atoms with van der Waals surface area (Å²) < 4.78 is 1.72. The molecule has 0 unspecified atom stereocenters.